The minimum Gasteiger partial charge on any atom is -0.423 e. The van der Waals surface area contributed by atoms with Crippen molar-refractivity contribution in [3.63, 3.8) is 0 Å². The fourth-order valence-electron chi connectivity index (χ4n) is 1.11. The van der Waals surface area contributed by atoms with Gasteiger partial charge in [0.05, 0.1) is 11.2 Å². The van der Waals surface area contributed by atoms with E-state index in [4.69, 9.17) is 4.74 Å². The van der Waals surface area contributed by atoms with E-state index in [1.807, 2.05) is 0 Å². The quantitative estimate of drug-likeness (QED) is 0.467. The van der Waals surface area contributed by atoms with Crippen LogP contribution in [0.2, 0.25) is 0 Å². The van der Waals surface area contributed by atoms with Gasteiger partial charge >= 0.3 is 5.97 Å². The molecule has 0 saturated heterocycles. The van der Waals surface area contributed by atoms with Crippen LogP contribution in [-0.2, 0) is 24.8 Å². The number of esters is 1. The topological polar surface area (TPSA) is 107 Å². The van der Waals surface area contributed by atoms with Crippen LogP contribution in [0.4, 0.5) is 0 Å². The van der Waals surface area contributed by atoms with Crippen molar-refractivity contribution in [1.29, 1.82) is 0 Å². The van der Waals surface area contributed by atoms with Gasteiger partial charge in [0.1, 0.15) is 5.75 Å². The number of rotatable bonds is 5. The van der Waals surface area contributed by atoms with Crippen LogP contribution in [0.5, 0.6) is 5.75 Å². The molecular weight excluding hydrogens is 294 g/mol. The Morgan fingerprint density at radius 1 is 1.32 bits per heavy atom. The minimum atomic E-state index is -4.24. The molecule has 0 aliphatic rings. The highest BCUT2D eigenvalue weighted by Gasteiger charge is 2.19. The first-order chi connectivity index (χ1) is 8.64. The molecule has 19 heavy (non-hydrogen) atoms. The standard InChI is InChI=1S/C10H11NO6S2/c1-3-10(12)17-8-5-4-6-9(7-8)19(15,16)11-18(2,13)14/h3-7,11H,1H2,2H3. The highest BCUT2D eigenvalue weighted by Crippen LogP contribution is 2.17. The van der Waals surface area contributed by atoms with Gasteiger partial charge in [0, 0.05) is 12.1 Å². The molecule has 0 aliphatic carbocycles. The van der Waals surface area contributed by atoms with Gasteiger partial charge in [-0.25, -0.2) is 21.6 Å². The van der Waals surface area contributed by atoms with Gasteiger partial charge in [-0.15, -0.1) is 4.13 Å². The highest BCUT2D eigenvalue weighted by molar-refractivity contribution is 8.04. The van der Waals surface area contributed by atoms with Gasteiger partial charge in [-0.3, -0.25) is 0 Å². The Morgan fingerprint density at radius 3 is 2.47 bits per heavy atom. The number of carbonyl (C=O) groups is 1. The molecule has 1 aromatic rings. The molecule has 0 saturated carbocycles. The first kappa shape index (κ1) is 15.3. The van der Waals surface area contributed by atoms with Crippen LogP contribution in [0.1, 0.15) is 0 Å². The third-order valence-electron chi connectivity index (χ3n) is 1.76. The number of hydrogen-bond donors (Lipinski definition) is 1. The predicted octanol–water partition coefficient (Wildman–Crippen LogP) is 0.0159. The van der Waals surface area contributed by atoms with Crippen LogP contribution >= 0.6 is 0 Å². The summed E-state index contributed by atoms with van der Waals surface area (Å²) in [5.74, 6) is -0.799. The Kier molecular flexibility index (Phi) is 4.45. The molecule has 0 heterocycles. The fraction of sp³-hybridized carbons (Fsp3) is 0.100. The third kappa shape index (κ3) is 4.81. The van der Waals surface area contributed by atoms with E-state index < -0.39 is 26.0 Å². The lowest BCUT2D eigenvalue weighted by molar-refractivity contribution is -0.128. The zero-order valence-electron chi connectivity index (χ0n) is 9.86. The number of hydrogen-bond acceptors (Lipinski definition) is 6. The SMILES string of the molecule is C=CC(=O)Oc1cccc(S(=O)(=O)NS(C)(=O)=O)c1. The van der Waals surface area contributed by atoms with Gasteiger partial charge in [-0.2, -0.15) is 0 Å². The van der Waals surface area contributed by atoms with Crippen molar-refractivity contribution in [2.24, 2.45) is 0 Å². The highest BCUT2D eigenvalue weighted by atomic mass is 32.3. The zero-order chi connectivity index (χ0) is 14.7. The molecule has 0 bridgehead atoms. The molecule has 0 aromatic heterocycles. The van der Waals surface area contributed by atoms with Gasteiger partial charge in [-0.05, 0) is 12.1 Å². The number of ether oxygens (including phenoxy) is 1. The molecule has 0 amide bonds. The summed E-state index contributed by atoms with van der Waals surface area (Å²) in [4.78, 5) is 10.6. The first-order valence-electron chi connectivity index (χ1n) is 4.82. The summed E-state index contributed by atoms with van der Waals surface area (Å²) >= 11 is 0. The van der Waals surface area contributed by atoms with Crippen LogP contribution in [0.25, 0.3) is 0 Å². The maximum Gasteiger partial charge on any atom is 0.335 e. The summed E-state index contributed by atoms with van der Waals surface area (Å²) in [5.41, 5.74) is 0. The number of sulfonamides is 2. The van der Waals surface area contributed by atoms with Crippen LogP contribution < -0.4 is 8.86 Å². The smallest absolute Gasteiger partial charge is 0.335 e. The summed E-state index contributed by atoms with van der Waals surface area (Å²) in [7, 11) is -8.17. The molecule has 0 radical (unpaired) electrons. The van der Waals surface area contributed by atoms with Gasteiger partial charge in [0.25, 0.3) is 10.0 Å². The Hall–Kier alpha value is -1.71. The molecule has 0 unspecified atom stereocenters. The van der Waals surface area contributed by atoms with Crippen molar-refractivity contribution in [3.05, 3.63) is 36.9 Å². The maximum absolute atomic E-state index is 11.7. The summed E-state index contributed by atoms with van der Waals surface area (Å²) in [6.45, 7) is 3.19. The monoisotopic (exact) mass is 305 g/mol. The van der Waals surface area contributed by atoms with Crippen molar-refractivity contribution >= 4 is 26.0 Å². The lowest BCUT2D eigenvalue weighted by Crippen LogP contribution is -2.29. The molecule has 7 nitrogen and oxygen atoms in total. The second-order valence-corrected chi connectivity index (χ2v) is 7.15. The number of carbonyl (C=O) groups excluding carboxylic acids is 1. The minimum absolute atomic E-state index is 0.0405. The summed E-state index contributed by atoms with van der Waals surface area (Å²) in [5, 5.41) is 0. The molecule has 0 fully saturated rings. The Bertz CT molecular complexity index is 705. The molecule has 0 aliphatic heterocycles. The van der Waals surface area contributed by atoms with Crippen molar-refractivity contribution in [3.8, 4) is 5.75 Å². The van der Waals surface area contributed by atoms with E-state index in [2.05, 4.69) is 6.58 Å². The van der Waals surface area contributed by atoms with E-state index in [-0.39, 0.29) is 10.6 Å². The van der Waals surface area contributed by atoms with Crippen LogP contribution in [0, 0.1) is 0 Å². The third-order valence-corrected chi connectivity index (χ3v) is 4.73. The van der Waals surface area contributed by atoms with Crippen molar-refractivity contribution in [2.45, 2.75) is 4.90 Å². The fourth-order valence-corrected chi connectivity index (χ4v) is 3.62. The van der Waals surface area contributed by atoms with E-state index in [0.29, 0.717) is 6.26 Å². The summed E-state index contributed by atoms with van der Waals surface area (Å²) < 4.78 is 51.5. The lowest BCUT2D eigenvalue weighted by atomic mass is 10.3. The van der Waals surface area contributed by atoms with Gasteiger partial charge < -0.3 is 4.74 Å². The van der Waals surface area contributed by atoms with Gasteiger partial charge in [0.15, 0.2) is 0 Å². The van der Waals surface area contributed by atoms with Crippen molar-refractivity contribution in [2.75, 3.05) is 6.26 Å². The average Bonchev–Trinajstić information content (AvgIpc) is 2.26. The van der Waals surface area contributed by atoms with Crippen LogP contribution in [-0.4, -0.2) is 29.1 Å². The number of benzene rings is 1. The van der Waals surface area contributed by atoms with Gasteiger partial charge in [-0.1, -0.05) is 12.6 Å². The Labute approximate surface area is 111 Å². The number of nitrogens with one attached hydrogen (secondary N) is 1. The van der Waals surface area contributed by atoms with Crippen molar-refractivity contribution in [1.82, 2.24) is 4.13 Å². The molecule has 1 N–H and O–H groups in total. The van der Waals surface area contributed by atoms with Crippen molar-refractivity contribution < 1.29 is 26.4 Å². The molecular formula is C10H11NO6S2. The lowest BCUT2D eigenvalue weighted by Gasteiger charge is -2.06. The molecule has 0 spiro atoms. The van der Waals surface area contributed by atoms with Crippen LogP contribution in [0.15, 0.2) is 41.8 Å². The van der Waals surface area contributed by atoms with E-state index in [1.54, 1.807) is 0 Å². The van der Waals surface area contributed by atoms with E-state index in [1.165, 1.54) is 22.3 Å². The molecule has 1 aromatic carbocycles. The Morgan fingerprint density at radius 2 is 1.95 bits per heavy atom. The predicted molar refractivity (Wildman–Crippen MR) is 67.4 cm³/mol. The Balaban J connectivity index is 3.12. The zero-order valence-corrected chi connectivity index (χ0v) is 11.5. The second-order valence-electron chi connectivity index (χ2n) is 3.46. The van der Waals surface area contributed by atoms with Crippen LogP contribution in [0.3, 0.4) is 0 Å². The van der Waals surface area contributed by atoms with Gasteiger partial charge in [0.2, 0.25) is 10.0 Å². The average molecular weight is 305 g/mol. The van der Waals surface area contributed by atoms with E-state index >= 15 is 0 Å². The maximum atomic E-state index is 11.7. The first-order valence-corrected chi connectivity index (χ1v) is 8.19. The van der Waals surface area contributed by atoms with E-state index in [9.17, 15) is 21.6 Å². The second kappa shape index (κ2) is 5.51. The summed E-state index contributed by atoms with van der Waals surface area (Å²) in [6.07, 6.45) is 1.63. The molecule has 1 rings (SSSR count). The molecule has 9 heteroatoms. The summed E-state index contributed by atoms with van der Waals surface area (Å²) in [6, 6.07) is 4.84. The molecule has 0 atom stereocenters. The van der Waals surface area contributed by atoms with E-state index in [0.717, 1.165) is 12.1 Å². The molecule has 104 valence electrons. The largest absolute Gasteiger partial charge is 0.423 e. The normalized spacial score (nSPS) is 11.8.